The van der Waals surface area contributed by atoms with Crippen molar-refractivity contribution in [1.82, 2.24) is 4.98 Å². The molecule has 2 rings (SSSR count). The Morgan fingerprint density at radius 2 is 2.30 bits per heavy atom. The van der Waals surface area contributed by atoms with Gasteiger partial charge in [-0.2, -0.15) is 0 Å². The number of ether oxygens (including phenoxy) is 2. The van der Waals surface area contributed by atoms with Crippen molar-refractivity contribution in [2.24, 2.45) is 0 Å². The molecule has 2 heterocycles. The van der Waals surface area contributed by atoms with Crippen LogP contribution in [0.3, 0.4) is 0 Å². The summed E-state index contributed by atoms with van der Waals surface area (Å²) in [6.45, 7) is 10.1. The lowest BCUT2D eigenvalue weighted by Crippen LogP contribution is -2.42. The maximum atomic E-state index is 12.2. The highest BCUT2D eigenvalue weighted by molar-refractivity contribution is 5.89. The summed E-state index contributed by atoms with van der Waals surface area (Å²) in [5.74, 6) is 1.12. The first-order valence-electron chi connectivity index (χ1n) is 6.65. The Bertz CT molecular complexity index is 520. The summed E-state index contributed by atoms with van der Waals surface area (Å²) in [6, 6.07) is 3.71. The third kappa shape index (κ3) is 3.29. The fourth-order valence-electron chi connectivity index (χ4n) is 1.89. The third-order valence-corrected chi connectivity index (χ3v) is 2.69. The Labute approximate surface area is 119 Å². The van der Waals surface area contributed by atoms with E-state index in [1.54, 1.807) is 6.08 Å². The molecule has 108 valence electrons. The Morgan fingerprint density at radius 3 is 2.95 bits per heavy atom. The standard InChI is InChI=1S/C15H20N2O3/c1-5-6-11-7-8-12-13(16-11)17(9-10-19-12)14(18)20-15(2,3)4/h5,7-8H,1,6,9-10H2,2-4H3. The van der Waals surface area contributed by atoms with Crippen LogP contribution in [0.1, 0.15) is 26.5 Å². The fraction of sp³-hybridized carbons (Fsp3) is 0.467. The predicted molar refractivity (Wildman–Crippen MR) is 77.2 cm³/mol. The minimum atomic E-state index is -0.533. The molecule has 1 amide bonds. The van der Waals surface area contributed by atoms with Crippen molar-refractivity contribution in [3.05, 3.63) is 30.5 Å². The van der Waals surface area contributed by atoms with Gasteiger partial charge in [-0.1, -0.05) is 6.08 Å². The molecule has 0 fully saturated rings. The van der Waals surface area contributed by atoms with Crippen LogP contribution in [0, 0.1) is 0 Å². The van der Waals surface area contributed by atoms with E-state index in [4.69, 9.17) is 9.47 Å². The molecule has 0 atom stereocenters. The topological polar surface area (TPSA) is 51.7 Å². The van der Waals surface area contributed by atoms with Gasteiger partial charge in [-0.25, -0.2) is 9.78 Å². The van der Waals surface area contributed by atoms with E-state index in [1.807, 2.05) is 32.9 Å². The van der Waals surface area contributed by atoms with E-state index in [0.717, 1.165) is 5.69 Å². The molecule has 1 aromatic heterocycles. The lowest BCUT2D eigenvalue weighted by atomic mass is 10.2. The molecule has 1 aliphatic heterocycles. The largest absolute Gasteiger partial charge is 0.488 e. The fourth-order valence-corrected chi connectivity index (χ4v) is 1.89. The summed E-state index contributed by atoms with van der Waals surface area (Å²) in [4.78, 5) is 18.2. The van der Waals surface area contributed by atoms with Gasteiger partial charge in [-0.15, -0.1) is 6.58 Å². The highest BCUT2D eigenvalue weighted by atomic mass is 16.6. The van der Waals surface area contributed by atoms with Crippen LogP contribution in [0.15, 0.2) is 24.8 Å². The summed E-state index contributed by atoms with van der Waals surface area (Å²) in [5.41, 5.74) is 0.312. The molecule has 0 spiro atoms. The van der Waals surface area contributed by atoms with Crippen LogP contribution in [0.4, 0.5) is 10.6 Å². The normalized spacial score (nSPS) is 14.2. The van der Waals surface area contributed by atoms with E-state index in [2.05, 4.69) is 11.6 Å². The molecule has 5 heteroatoms. The molecular weight excluding hydrogens is 256 g/mol. The third-order valence-electron chi connectivity index (χ3n) is 2.69. The first kappa shape index (κ1) is 14.4. The maximum absolute atomic E-state index is 12.2. The number of amides is 1. The van der Waals surface area contributed by atoms with Crippen LogP contribution in [-0.4, -0.2) is 29.8 Å². The highest BCUT2D eigenvalue weighted by Gasteiger charge is 2.29. The second-order valence-electron chi connectivity index (χ2n) is 5.60. The van der Waals surface area contributed by atoms with Crippen LogP contribution < -0.4 is 9.64 Å². The first-order valence-corrected chi connectivity index (χ1v) is 6.65. The van der Waals surface area contributed by atoms with E-state index in [9.17, 15) is 4.79 Å². The highest BCUT2D eigenvalue weighted by Crippen LogP contribution is 2.30. The zero-order valence-electron chi connectivity index (χ0n) is 12.2. The monoisotopic (exact) mass is 276 g/mol. The SMILES string of the molecule is C=CCc1ccc2c(n1)N(C(=O)OC(C)(C)C)CCO2. The van der Waals surface area contributed by atoms with E-state index in [-0.39, 0.29) is 0 Å². The molecular formula is C15H20N2O3. The molecule has 0 saturated heterocycles. The number of hydrogen-bond donors (Lipinski definition) is 0. The number of carbonyl (C=O) groups is 1. The van der Waals surface area contributed by atoms with Crippen molar-refractivity contribution in [3.8, 4) is 5.75 Å². The summed E-state index contributed by atoms with van der Waals surface area (Å²) >= 11 is 0. The van der Waals surface area contributed by atoms with E-state index in [0.29, 0.717) is 31.1 Å². The number of pyridine rings is 1. The Hall–Kier alpha value is -2.04. The molecule has 1 aliphatic rings. The molecule has 1 aromatic rings. The van der Waals surface area contributed by atoms with Crippen LogP contribution in [0.5, 0.6) is 5.75 Å². The van der Waals surface area contributed by atoms with Crippen molar-refractivity contribution < 1.29 is 14.3 Å². The molecule has 0 radical (unpaired) electrons. The number of allylic oxidation sites excluding steroid dienone is 1. The molecule has 0 aliphatic carbocycles. The summed E-state index contributed by atoms with van der Waals surface area (Å²) < 4.78 is 10.9. The first-order chi connectivity index (χ1) is 9.40. The van der Waals surface area contributed by atoms with Crippen LogP contribution in [0.25, 0.3) is 0 Å². The van der Waals surface area contributed by atoms with Gasteiger partial charge >= 0.3 is 6.09 Å². The van der Waals surface area contributed by atoms with Crippen molar-refractivity contribution >= 4 is 11.9 Å². The second kappa shape index (κ2) is 5.53. The Balaban J connectivity index is 2.28. The van der Waals surface area contributed by atoms with E-state index < -0.39 is 11.7 Å². The predicted octanol–water partition coefficient (Wildman–Crippen LogP) is 2.94. The second-order valence-corrected chi connectivity index (χ2v) is 5.60. The number of hydrogen-bond acceptors (Lipinski definition) is 4. The molecule has 5 nitrogen and oxygen atoms in total. The molecule has 20 heavy (non-hydrogen) atoms. The van der Waals surface area contributed by atoms with E-state index in [1.165, 1.54) is 4.90 Å². The van der Waals surface area contributed by atoms with Crippen molar-refractivity contribution in [2.75, 3.05) is 18.1 Å². The Morgan fingerprint density at radius 1 is 1.55 bits per heavy atom. The number of aromatic nitrogens is 1. The van der Waals surface area contributed by atoms with Gasteiger partial charge in [0.25, 0.3) is 0 Å². The molecule has 0 aromatic carbocycles. The Kier molecular flexibility index (Phi) is 3.97. The van der Waals surface area contributed by atoms with Gasteiger partial charge in [0, 0.05) is 12.1 Å². The lowest BCUT2D eigenvalue weighted by molar-refractivity contribution is 0.0566. The van der Waals surface area contributed by atoms with Gasteiger partial charge in [0.05, 0.1) is 6.54 Å². The number of nitrogens with zero attached hydrogens (tertiary/aromatic N) is 2. The van der Waals surface area contributed by atoms with Gasteiger partial charge in [-0.3, -0.25) is 4.90 Å². The van der Waals surface area contributed by atoms with Gasteiger partial charge in [0.1, 0.15) is 12.2 Å². The average Bonchev–Trinajstić information content (AvgIpc) is 2.36. The lowest BCUT2D eigenvalue weighted by Gasteiger charge is -2.30. The zero-order chi connectivity index (χ0) is 14.8. The quantitative estimate of drug-likeness (QED) is 0.779. The van der Waals surface area contributed by atoms with E-state index >= 15 is 0 Å². The summed E-state index contributed by atoms with van der Waals surface area (Å²) in [6.07, 6.45) is 2.02. The van der Waals surface area contributed by atoms with Gasteiger partial charge < -0.3 is 9.47 Å². The summed E-state index contributed by atoms with van der Waals surface area (Å²) in [7, 11) is 0. The molecule has 0 N–H and O–H groups in total. The zero-order valence-corrected chi connectivity index (χ0v) is 12.2. The minimum Gasteiger partial charge on any atom is -0.488 e. The van der Waals surface area contributed by atoms with Crippen molar-refractivity contribution in [3.63, 3.8) is 0 Å². The minimum absolute atomic E-state index is 0.398. The summed E-state index contributed by atoms with van der Waals surface area (Å²) in [5, 5.41) is 0. The molecule has 0 saturated carbocycles. The maximum Gasteiger partial charge on any atom is 0.416 e. The van der Waals surface area contributed by atoms with Gasteiger partial charge in [-0.05, 0) is 32.9 Å². The van der Waals surface area contributed by atoms with Gasteiger partial charge in [0.15, 0.2) is 11.6 Å². The number of anilines is 1. The average molecular weight is 276 g/mol. The smallest absolute Gasteiger partial charge is 0.416 e. The number of carbonyl (C=O) groups excluding carboxylic acids is 1. The number of fused-ring (bicyclic) bond motifs is 1. The molecule has 0 bridgehead atoms. The molecule has 0 unspecified atom stereocenters. The van der Waals surface area contributed by atoms with Gasteiger partial charge in [0.2, 0.25) is 0 Å². The van der Waals surface area contributed by atoms with Crippen molar-refractivity contribution in [1.29, 1.82) is 0 Å². The number of rotatable bonds is 2. The van der Waals surface area contributed by atoms with Crippen LogP contribution in [0.2, 0.25) is 0 Å². The van der Waals surface area contributed by atoms with Crippen molar-refractivity contribution in [2.45, 2.75) is 32.8 Å². The van der Waals surface area contributed by atoms with Crippen LogP contribution in [-0.2, 0) is 11.2 Å². The van der Waals surface area contributed by atoms with Crippen LogP contribution >= 0.6 is 0 Å².